The normalized spacial score (nSPS) is 13.2. The van der Waals surface area contributed by atoms with Gasteiger partial charge in [-0.3, -0.25) is 0 Å². The van der Waals surface area contributed by atoms with E-state index in [1.54, 1.807) is 6.07 Å². The minimum absolute atomic E-state index is 0.0643. The first-order valence-corrected chi connectivity index (χ1v) is 6.13. The Morgan fingerprint density at radius 1 is 0.955 bits per heavy atom. The molecule has 0 N–H and O–H groups in total. The first-order chi connectivity index (χ1) is 10.1. The molecule has 22 heavy (non-hydrogen) atoms. The van der Waals surface area contributed by atoms with E-state index < -0.39 is 23.6 Å². The Morgan fingerprint density at radius 3 is 2.18 bits per heavy atom. The summed E-state index contributed by atoms with van der Waals surface area (Å²) in [6.45, 7) is 0. The summed E-state index contributed by atoms with van der Waals surface area (Å²) >= 11 is 0. The summed E-state index contributed by atoms with van der Waals surface area (Å²) in [5.41, 5.74) is -2.85. The molecule has 3 aromatic rings. The van der Waals surface area contributed by atoms with E-state index in [-0.39, 0.29) is 22.5 Å². The van der Waals surface area contributed by atoms with Crippen LogP contribution in [-0.2, 0) is 19.4 Å². The summed E-state index contributed by atoms with van der Waals surface area (Å²) in [4.78, 5) is 3.40. The van der Waals surface area contributed by atoms with Crippen LogP contribution in [0.4, 0.5) is 26.3 Å². The van der Waals surface area contributed by atoms with Crippen LogP contribution in [0.5, 0.6) is 0 Å². The van der Waals surface area contributed by atoms with Gasteiger partial charge in [-0.2, -0.15) is 26.3 Å². The zero-order valence-electron chi connectivity index (χ0n) is 11.0. The fraction of sp³-hybridized carbons (Fsp3) is 0.214. The summed E-state index contributed by atoms with van der Waals surface area (Å²) in [6, 6.07) is 6.15. The third-order valence-corrected chi connectivity index (χ3v) is 3.45. The number of halogens is 6. The fourth-order valence-corrected chi connectivity index (χ4v) is 2.50. The van der Waals surface area contributed by atoms with Crippen LogP contribution in [0.2, 0.25) is 0 Å². The Labute approximate surface area is 120 Å². The Hall–Kier alpha value is -2.25. The van der Waals surface area contributed by atoms with Gasteiger partial charge >= 0.3 is 12.4 Å². The quantitative estimate of drug-likeness (QED) is 0.546. The number of pyridine rings is 1. The van der Waals surface area contributed by atoms with Crippen LogP contribution in [0.1, 0.15) is 11.3 Å². The molecule has 1 aromatic carbocycles. The van der Waals surface area contributed by atoms with Gasteiger partial charge in [0.05, 0.1) is 11.1 Å². The SMILES string of the molecule is Cn1c2ccccc2c2c(C(F)(F)F)cc(C(F)(F)F)nc21. The van der Waals surface area contributed by atoms with Crippen LogP contribution < -0.4 is 0 Å². The third kappa shape index (κ3) is 2.10. The Balaban J connectivity index is 2.56. The second kappa shape index (κ2) is 4.37. The fourth-order valence-electron chi connectivity index (χ4n) is 2.50. The predicted octanol–water partition coefficient (Wildman–Crippen LogP) is 4.76. The van der Waals surface area contributed by atoms with Gasteiger partial charge in [0.2, 0.25) is 0 Å². The van der Waals surface area contributed by atoms with Crippen LogP contribution in [0.15, 0.2) is 30.3 Å². The molecule has 3 rings (SSSR count). The van der Waals surface area contributed by atoms with Crippen LogP contribution >= 0.6 is 0 Å². The highest BCUT2D eigenvalue weighted by atomic mass is 19.4. The van der Waals surface area contributed by atoms with E-state index >= 15 is 0 Å². The molecule has 2 nitrogen and oxygen atoms in total. The molecule has 0 aliphatic carbocycles. The number of benzene rings is 1. The van der Waals surface area contributed by atoms with Crippen molar-refractivity contribution in [3.8, 4) is 0 Å². The lowest BCUT2D eigenvalue weighted by Gasteiger charge is -2.12. The second-order valence-electron chi connectivity index (χ2n) is 4.83. The molecular weight excluding hydrogens is 310 g/mol. The highest BCUT2D eigenvalue weighted by molar-refractivity contribution is 6.08. The molecule has 2 heterocycles. The average Bonchev–Trinajstić information content (AvgIpc) is 2.70. The lowest BCUT2D eigenvalue weighted by atomic mass is 10.1. The van der Waals surface area contributed by atoms with E-state index in [0.29, 0.717) is 5.52 Å². The van der Waals surface area contributed by atoms with Crippen molar-refractivity contribution in [3.05, 3.63) is 41.6 Å². The van der Waals surface area contributed by atoms with Gasteiger partial charge < -0.3 is 4.57 Å². The molecule has 0 atom stereocenters. The van der Waals surface area contributed by atoms with Gasteiger partial charge in [-0.1, -0.05) is 18.2 Å². The Morgan fingerprint density at radius 2 is 1.59 bits per heavy atom. The zero-order valence-corrected chi connectivity index (χ0v) is 11.0. The summed E-state index contributed by atoms with van der Waals surface area (Å²) in [5.74, 6) is 0. The number of hydrogen-bond acceptors (Lipinski definition) is 1. The molecule has 0 radical (unpaired) electrons. The minimum atomic E-state index is -4.95. The van der Waals surface area contributed by atoms with E-state index in [9.17, 15) is 26.3 Å². The molecule has 8 heteroatoms. The number of fused-ring (bicyclic) bond motifs is 3. The Bertz CT molecular complexity index is 873. The van der Waals surface area contributed by atoms with Gasteiger partial charge in [-0.25, -0.2) is 4.98 Å². The van der Waals surface area contributed by atoms with E-state index in [1.165, 1.54) is 29.8 Å². The van der Waals surface area contributed by atoms with Gasteiger partial charge in [0, 0.05) is 17.8 Å². The minimum Gasteiger partial charge on any atom is -0.328 e. The number of aryl methyl sites for hydroxylation is 1. The number of nitrogens with zero attached hydrogens (tertiary/aromatic N) is 2. The number of aromatic nitrogens is 2. The first-order valence-electron chi connectivity index (χ1n) is 6.13. The van der Waals surface area contributed by atoms with Crippen molar-refractivity contribution in [2.24, 2.45) is 7.05 Å². The summed E-state index contributed by atoms with van der Waals surface area (Å²) < 4.78 is 79.4. The van der Waals surface area contributed by atoms with Crippen molar-refractivity contribution in [3.63, 3.8) is 0 Å². The summed E-state index contributed by atoms with van der Waals surface area (Å²) in [5, 5.41) is -0.104. The average molecular weight is 318 g/mol. The predicted molar refractivity (Wildman–Crippen MR) is 68.2 cm³/mol. The maximum absolute atomic E-state index is 13.2. The maximum Gasteiger partial charge on any atom is 0.433 e. The van der Waals surface area contributed by atoms with Crippen molar-refractivity contribution in [2.45, 2.75) is 12.4 Å². The van der Waals surface area contributed by atoms with Gasteiger partial charge in [-0.05, 0) is 12.1 Å². The molecule has 0 saturated heterocycles. The standard InChI is InChI=1S/C14H8F6N2/c1-22-9-5-3-2-4-7(9)11-8(13(15,16)17)6-10(14(18,19)20)21-12(11)22/h2-6H,1H3. The lowest BCUT2D eigenvalue weighted by Crippen LogP contribution is -2.13. The van der Waals surface area contributed by atoms with E-state index in [4.69, 9.17) is 0 Å². The van der Waals surface area contributed by atoms with E-state index in [0.717, 1.165) is 0 Å². The number of rotatable bonds is 0. The number of alkyl halides is 6. The highest BCUT2D eigenvalue weighted by Crippen LogP contribution is 2.41. The van der Waals surface area contributed by atoms with Crippen LogP contribution in [0.25, 0.3) is 21.9 Å². The van der Waals surface area contributed by atoms with Crippen molar-refractivity contribution in [1.29, 1.82) is 0 Å². The van der Waals surface area contributed by atoms with E-state index in [1.807, 2.05) is 0 Å². The van der Waals surface area contributed by atoms with Crippen LogP contribution in [-0.4, -0.2) is 9.55 Å². The van der Waals surface area contributed by atoms with Gasteiger partial charge in [0.1, 0.15) is 11.3 Å². The topological polar surface area (TPSA) is 17.8 Å². The number of para-hydroxylation sites is 1. The zero-order chi connectivity index (χ0) is 16.3. The second-order valence-corrected chi connectivity index (χ2v) is 4.83. The molecule has 116 valence electrons. The first kappa shape index (κ1) is 14.7. The molecule has 0 fully saturated rings. The monoisotopic (exact) mass is 318 g/mol. The lowest BCUT2D eigenvalue weighted by molar-refractivity contribution is -0.144. The van der Waals surface area contributed by atoms with Crippen molar-refractivity contribution >= 4 is 21.9 Å². The molecular formula is C14H8F6N2. The molecule has 0 bridgehead atoms. The van der Waals surface area contributed by atoms with Crippen molar-refractivity contribution in [1.82, 2.24) is 9.55 Å². The van der Waals surface area contributed by atoms with Crippen LogP contribution in [0, 0.1) is 0 Å². The number of hydrogen-bond donors (Lipinski definition) is 0. The smallest absolute Gasteiger partial charge is 0.328 e. The summed E-state index contributed by atoms with van der Waals surface area (Å²) in [7, 11) is 1.39. The van der Waals surface area contributed by atoms with Crippen molar-refractivity contribution < 1.29 is 26.3 Å². The molecule has 0 spiro atoms. The van der Waals surface area contributed by atoms with Gasteiger partial charge in [0.15, 0.2) is 0 Å². The van der Waals surface area contributed by atoms with Crippen molar-refractivity contribution in [2.75, 3.05) is 0 Å². The molecule has 0 saturated carbocycles. The maximum atomic E-state index is 13.2. The molecule has 0 unspecified atom stereocenters. The molecule has 0 aliphatic rings. The van der Waals surface area contributed by atoms with Gasteiger partial charge in [0.25, 0.3) is 0 Å². The Kier molecular flexibility index (Phi) is 2.92. The third-order valence-electron chi connectivity index (χ3n) is 3.45. The summed E-state index contributed by atoms with van der Waals surface area (Å²) in [6.07, 6.45) is -9.87. The highest BCUT2D eigenvalue weighted by Gasteiger charge is 2.40. The molecule has 0 aliphatic heterocycles. The molecule has 0 amide bonds. The van der Waals surface area contributed by atoms with Crippen LogP contribution in [0.3, 0.4) is 0 Å². The van der Waals surface area contributed by atoms with E-state index in [2.05, 4.69) is 4.98 Å². The largest absolute Gasteiger partial charge is 0.433 e. The molecule has 2 aromatic heterocycles. The van der Waals surface area contributed by atoms with Gasteiger partial charge in [-0.15, -0.1) is 0 Å².